The zero-order valence-corrected chi connectivity index (χ0v) is 9.96. The Balaban J connectivity index is 1.97. The van der Waals surface area contributed by atoms with Gasteiger partial charge in [0.05, 0.1) is 0 Å². The Morgan fingerprint density at radius 2 is 1.87 bits per heavy atom. The minimum absolute atomic E-state index is 0.332. The average Bonchev–Trinajstić information content (AvgIpc) is 2.56. The number of nitrogens with zero attached hydrogens (tertiary/aromatic N) is 2. The van der Waals surface area contributed by atoms with Crippen LogP contribution in [0.25, 0.3) is 0 Å². The second-order valence-corrected chi connectivity index (χ2v) is 5.02. The maximum Gasteiger partial charge on any atom is 0.223 e. The molecule has 15 heavy (non-hydrogen) atoms. The number of rotatable bonds is 2. The molecule has 2 fully saturated rings. The Bertz CT molecular complexity index is 244. The van der Waals surface area contributed by atoms with Crippen LogP contribution in [0.4, 0.5) is 0 Å². The van der Waals surface area contributed by atoms with E-state index in [4.69, 9.17) is 0 Å². The maximum absolute atomic E-state index is 11.7. The van der Waals surface area contributed by atoms with E-state index in [1.54, 1.807) is 0 Å². The fourth-order valence-electron chi connectivity index (χ4n) is 2.95. The molecule has 3 heteroatoms. The highest BCUT2D eigenvalue weighted by atomic mass is 16.2. The number of amides is 1. The Morgan fingerprint density at radius 3 is 2.33 bits per heavy atom. The molecule has 0 bridgehead atoms. The molecule has 0 unspecified atom stereocenters. The van der Waals surface area contributed by atoms with Gasteiger partial charge in [0.2, 0.25) is 5.91 Å². The molecule has 0 aromatic rings. The Labute approximate surface area is 92.4 Å². The van der Waals surface area contributed by atoms with Gasteiger partial charge in [-0.2, -0.15) is 0 Å². The first-order valence-corrected chi connectivity index (χ1v) is 6.19. The summed E-state index contributed by atoms with van der Waals surface area (Å²) in [5.41, 5.74) is 0.332. The van der Waals surface area contributed by atoms with E-state index in [1.807, 2.05) is 4.90 Å². The number of piperidine rings is 1. The third kappa shape index (κ3) is 2.03. The molecule has 2 heterocycles. The molecule has 0 atom stereocenters. The molecule has 2 saturated heterocycles. The SMILES string of the molecule is CCN1CCC2(CC1)CC(=O)N(CC)C2. The van der Waals surface area contributed by atoms with Crippen molar-refractivity contribution in [3.05, 3.63) is 0 Å². The molecule has 86 valence electrons. The second-order valence-electron chi connectivity index (χ2n) is 5.02. The van der Waals surface area contributed by atoms with E-state index in [0.29, 0.717) is 11.3 Å². The lowest BCUT2D eigenvalue weighted by atomic mass is 9.77. The van der Waals surface area contributed by atoms with Crippen molar-refractivity contribution < 1.29 is 4.79 Å². The Morgan fingerprint density at radius 1 is 1.20 bits per heavy atom. The van der Waals surface area contributed by atoms with Gasteiger partial charge in [0.15, 0.2) is 0 Å². The number of carbonyl (C=O) groups excluding carboxylic acids is 1. The average molecular weight is 210 g/mol. The summed E-state index contributed by atoms with van der Waals surface area (Å²) >= 11 is 0. The van der Waals surface area contributed by atoms with Crippen LogP contribution in [0.5, 0.6) is 0 Å². The number of hydrogen-bond donors (Lipinski definition) is 0. The topological polar surface area (TPSA) is 23.6 Å². The molecule has 0 N–H and O–H groups in total. The van der Waals surface area contributed by atoms with E-state index in [1.165, 1.54) is 25.9 Å². The van der Waals surface area contributed by atoms with Crippen molar-refractivity contribution in [2.24, 2.45) is 5.41 Å². The van der Waals surface area contributed by atoms with E-state index in [-0.39, 0.29) is 0 Å². The fourth-order valence-corrected chi connectivity index (χ4v) is 2.95. The van der Waals surface area contributed by atoms with Gasteiger partial charge in [0.25, 0.3) is 0 Å². The molecule has 0 aromatic carbocycles. The number of carbonyl (C=O) groups is 1. The standard InChI is InChI=1S/C12H22N2O/c1-3-13-7-5-12(6-8-13)9-11(15)14(4-2)10-12/h3-10H2,1-2H3. The zero-order chi connectivity index (χ0) is 10.9. The summed E-state index contributed by atoms with van der Waals surface area (Å²) in [6.45, 7) is 9.72. The highest BCUT2D eigenvalue weighted by Gasteiger charge is 2.43. The van der Waals surface area contributed by atoms with Crippen LogP contribution in [0.3, 0.4) is 0 Å². The lowest BCUT2D eigenvalue weighted by molar-refractivity contribution is -0.127. The third-order valence-corrected chi connectivity index (χ3v) is 4.15. The summed E-state index contributed by atoms with van der Waals surface area (Å²) in [7, 11) is 0. The first-order valence-electron chi connectivity index (χ1n) is 6.19. The summed E-state index contributed by atoms with van der Waals surface area (Å²) in [5.74, 6) is 0.377. The highest BCUT2D eigenvalue weighted by molar-refractivity contribution is 5.79. The molecule has 3 nitrogen and oxygen atoms in total. The van der Waals surface area contributed by atoms with Crippen molar-refractivity contribution in [3.8, 4) is 0 Å². The van der Waals surface area contributed by atoms with E-state index < -0.39 is 0 Å². The lowest BCUT2D eigenvalue weighted by Gasteiger charge is -2.38. The van der Waals surface area contributed by atoms with Crippen molar-refractivity contribution >= 4 is 5.91 Å². The largest absolute Gasteiger partial charge is 0.342 e. The molecule has 1 spiro atoms. The van der Waals surface area contributed by atoms with Crippen molar-refractivity contribution in [3.63, 3.8) is 0 Å². The van der Waals surface area contributed by atoms with Crippen LogP contribution in [0.2, 0.25) is 0 Å². The van der Waals surface area contributed by atoms with E-state index in [9.17, 15) is 4.79 Å². The molecule has 2 rings (SSSR count). The van der Waals surface area contributed by atoms with E-state index in [0.717, 1.165) is 26.1 Å². The van der Waals surface area contributed by atoms with Crippen LogP contribution in [0, 0.1) is 5.41 Å². The molecule has 0 radical (unpaired) electrons. The van der Waals surface area contributed by atoms with Gasteiger partial charge in [-0.3, -0.25) is 4.79 Å². The highest BCUT2D eigenvalue weighted by Crippen LogP contribution is 2.40. The van der Waals surface area contributed by atoms with Gasteiger partial charge in [0.1, 0.15) is 0 Å². The predicted octanol–water partition coefficient (Wildman–Crippen LogP) is 1.34. The number of likely N-dealkylation sites (tertiary alicyclic amines) is 2. The summed E-state index contributed by atoms with van der Waals surface area (Å²) in [6, 6.07) is 0. The van der Waals surface area contributed by atoms with Crippen molar-refractivity contribution in [2.75, 3.05) is 32.7 Å². The molecule has 1 amide bonds. The molecular weight excluding hydrogens is 188 g/mol. The molecule has 0 aliphatic carbocycles. The second kappa shape index (κ2) is 4.12. The third-order valence-electron chi connectivity index (χ3n) is 4.15. The maximum atomic E-state index is 11.7. The van der Waals surface area contributed by atoms with Gasteiger partial charge >= 0.3 is 0 Å². The summed E-state index contributed by atoms with van der Waals surface area (Å²) in [4.78, 5) is 16.3. The minimum Gasteiger partial charge on any atom is -0.342 e. The normalized spacial score (nSPS) is 26.5. The van der Waals surface area contributed by atoms with Crippen LogP contribution < -0.4 is 0 Å². The van der Waals surface area contributed by atoms with Gasteiger partial charge < -0.3 is 9.80 Å². The summed E-state index contributed by atoms with van der Waals surface area (Å²) in [5, 5.41) is 0. The van der Waals surface area contributed by atoms with E-state index in [2.05, 4.69) is 18.7 Å². The van der Waals surface area contributed by atoms with Crippen molar-refractivity contribution in [1.29, 1.82) is 0 Å². The van der Waals surface area contributed by atoms with Gasteiger partial charge in [0, 0.05) is 19.5 Å². The molecular formula is C12H22N2O. The molecule has 0 aromatic heterocycles. The Kier molecular flexibility index (Phi) is 3.01. The molecule has 0 saturated carbocycles. The van der Waals surface area contributed by atoms with Gasteiger partial charge in [-0.15, -0.1) is 0 Å². The smallest absolute Gasteiger partial charge is 0.223 e. The Hall–Kier alpha value is -0.570. The van der Waals surface area contributed by atoms with Crippen LogP contribution in [-0.2, 0) is 4.79 Å². The monoisotopic (exact) mass is 210 g/mol. The first kappa shape index (κ1) is 10.9. The van der Waals surface area contributed by atoms with Crippen LogP contribution >= 0.6 is 0 Å². The van der Waals surface area contributed by atoms with Crippen LogP contribution in [0.15, 0.2) is 0 Å². The predicted molar refractivity (Wildman–Crippen MR) is 60.7 cm³/mol. The van der Waals surface area contributed by atoms with E-state index >= 15 is 0 Å². The lowest BCUT2D eigenvalue weighted by Crippen LogP contribution is -2.41. The summed E-state index contributed by atoms with van der Waals surface area (Å²) in [6.07, 6.45) is 3.23. The summed E-state index contributed by atoms with van der Waals surface area (Å²) < 4.78 is 0. The van der Waals surface area contributed by atoms with Crippen molar-refractivity contribution in [2.45, 2.75) is 33.1 Å². The van der Waals surface area contributed by atoms with Crippen LogP contribution in [-0.4, -0.2) is 48.4 Å². The first-order chi connectivity index (χ1) is 7.19. The quantitative estimate of drug-likeness (QED) is 0.686. The molecule has 2 aliphatic heterocycles. The minimum atomic E-state index is 0.332. The fraction of sp³-hybridized carbons (Fsp3) is 0.917. The molecule has 2 aliphatic rings. The van der Waals surface area contributed by atoms with Crippen molar-refractivity contribution in [1.82, 2.24) is 9.80 Å². The number of hydrogen-bond acceptors (Lipinski definition) is 2. The van der Waals surface area contributed by atoms with Gasteiger partial charge in [-0.25, -0.2) is 0 Å². The van der Waals surface area contributed by atoms with Gasteiger partial charge in [-0.05, 0) is 44.8 Å². The van der Waals surface area contributed by atoms with Crippen LogP contribution in [0.1, 0.15) is 33.1 Å². The zero-order valence-electron chi connectivity index (χ0n) is 9.96. The van der Waals surface area contributed by atoms with Gasteiger partial charge in [-0.1, -0.05) is 6.92 Å².